The summed E-state index contributed by atoms with van der Waals surface area (Å²) >= 11 is 0. The fourth-order valence-electron chi connectivity index (χ4n) is 4.41. The molecule has 0 aromatic rings. The Balaban J connectivity index is 1.86. The number of aliphatic hydroxyl groups is 2. The summed E-state index contributed by atoms with van der Waals surface area (Å²) in [5, 5.41) is 19.5. The summed E-state index contributed by atoms with van der Waals surface area (Å²) in [6.45, 7) is 2.56. The number of fused-ring (bicyclic) bond motifs is 1. The van der Waals surface area contributed by atoms with Crippen LogP contribution in [0.2, 0.25) is 0 Å². The predicted octanol–water partition coefficient (Wildman–Crippen LogP) is 2.11. The highest BCUT2D eigenvalue weighted by Crippen LogP contribution is 2.70. The molecule has 0 aromatic carbocycles. The molecule has 0 aliphatic heterocycles. The van der Waals surface area contributed by atoms with Crippen LogP contribution in [-0.2, 0) is 0 Å². The molecule has 2 saturated carbocycles. The number of hydrogen-bond acceptors (Lipinski definition) is 2. The molecular formula is C14H22O2. The molecule has 3 aliphatic rings. The monoisotopic (exact) mass is 222 g/mol. The maximum absolute atomic E-state index is 10.5. The Hall–Kier alpha value is -0.340. The first-order valence-corrected chi connectivity index (χ1v) is 6.66. The van der Waals surface area contributed by atoms with E-state index in [9.17, 15) is 5.11 Å². The van der Waals surface area contributed by atoms with E-state index in [2.05, 4.69) is 13.0 Å². The minimum Gasteiger partial charge on any atom is -0.396 e. The van der Waals surface area contributed by atoms with Gasteiger partial charge in [-0.1, -0.05) is 18.6 Å². The van der Waals surface area contributed by atoms with Crippen LogP contribution < -0.4 is 0 Å². The molecule has 0 heterocycles. The van der Waals surface area contributed by atoms with Crippen LogP contribution in [0.5, 0.6) is 0 Å². The van der Waals surface area contributed by atoms with Gasteiger partial charge in [0.25, 0.3) is 0 Å². The number of rotatable bonds is 2. The Bertz CT molecular complexity index is 323. The maximum atomic E-state index is 10.5. The highest BCUT2D eigenvalue weighted by Gasteiger charge is 2.66. The van der Waals surface area contributed by atoms with Gasteiger partial charge in [0, 0.05) is 6.61 Å². The van der Waals surface area contributed by atoms with Crippen LogP contribution in [0.3, 0.4) is 0 Å². The van der Waals surface area contributed by atoms with Gasteiger partial charge >= 0.3 is 0 Å². The van der Waals surface area contributed by atoms with Crippen molar-refractivity contribution >= 4 is 0 Å². The van der Waals surface area contributed by atoms with E-state index in [1.54, 1.807) is 5.57 Å². The molecule has 3 aliphatic carbocycles. The highest BCUT2D eigenvalue weighted by molar-refractivity contribution is 5.31. The minimum absolute atomic E-state index is 0.175. The Morgan fingerprint density at radius 1 is 1.50 bits per heavy atom. The topological polar surface area (TPSA) is 40.5 Å². The lowest BCUT2D eigenvalue weighted by Crippen LogP contribution is -2.26. The van der Waals surface area contributed by atoms with E-state index in [1.807, 2.05) is 0 Å². The zero-order valence-electron chi connectivity index (χ0n) is 10.0. The molecule has 0 aromatic heterocycles. The van der Waals surface area contributed by atoms with Crippen LogP contribution in [0.15, 0.2) is 11.6 Å². The Morgan fingerprint density at radius 2 is 2.31 bits per heavy atom. The second kappa shape index (κ2) is 3.58. The largest absolute Gasteiger partial charge is 0.396 e. The molecule has 0 radical (unpaired) electrons. The quantitative estimate of drug-likeness (QED) is 0.703. The van der Waals surface area contributed by atoms with E-state index in [1.165, 1.54) is 12.8 Å². The van der Waals surface area contributed by atoms with Crippen molar-refractivity contribution < 1.29 is 10.2 Å². The lowest BCUT2D eigenvalue weighted by molar-refractivity contribution is 0.0558. The van der Waals surface area contributed by atoms with Gasteiger partial charge in [-0.2, -0.15) is 0 Å². The molecule has 3 rings (SSSR count). The van der Waals surface area contributed by atoms with Gasteiger partial charge in [0.1, 0.15) is 0 Å². The lowest BCUT2D eigenvalue weighted by atomic mass is 9.82. The van der Waals surface area contributed by atoms with Gasteiger partial charge in [-0.3, -0.25) is 0 Å². The molecule has 2 N–H and O–H groups in total. The molecule has 0 saturated heterocycles. The first-order valence-electron chi connectivity index (χ1n) is 6.66. The number of aliphatic hydroxyl groups excluding tert-OH is 2. The smallest absolute Gasteiger partial charge is 0.0608 e. The van der Waals surface area contributed by atoms with E-state index in [0.717, 1.165) is 19.3 Å². The van der Waals surface area contributed by atoms with Crippen LogP contribution >= 0.6 is 0 Å². The zero-order chi connectivity index (χ0) is 11.3. The predicted molar refractivity (Wildman–Crippen MR) is 62.8 cm³/mol. The van der Waals surface area contributed by atoms with Gasteiger partial charge < -0.3 is 10.2 Å². The van der Waals surface area contributed by atoms with Gasteiger partial charge in [0.15, 0.2) is 0 Å². The summed E-state index contributed by atoms with van der Waals surface area (Å²) in [6.07, 6.45) is 7.68. The first-order chi connectivity index (χ1) is 7.68. The third-order valence-electron chi connectivity index (χ3n) is 5.37. The van der Waals surface area contributed by atoms with E-state index in [0.29, 0.717) is 23.2 Å². The molecule has 5 atom stereocenters. The van der Waals surface area contributed by atoms with E-state index in [-0.39, 0.29) is 12.7 Å². The van der Waals surface area contributed by atoms with Gasteiger partial charge in [-0.15, -0.1) is 0 Å². The Morgan fingerprint density at radius 3 is 3.06 bits per heavy atom. The van der Waals surface area contributed by atoms with Crippen molar-refractivity contribution in [2.45, 2.75) is 45.1 Å². The fraction of sp³-hybridized carbons (Fsp3) is 0.857. The number of hydrogen-bond donors (Lipinski definition) is 2. The first kappa shape index (κ1) is 10.8. The summed E-state index contributed by atoms with van der Waals surface area (Å²) < 4.78 is 0. The van der Waals surface area contributed by atoms with E-state index >= 15 is 0 Å². The molecule has 2 nitrogen and oxygen atoms in total. The van der Waals surface area contributed by atoms with Crippen LogP contribution in [-0.4, -0.2) is 22.9 Å². The van der Waals surface area contributed by atoms with E-state index < -0.39 is 0 Å². The summed E-state index contributed by atoms with van der Waals surface area (Å²) in [5.74, 6) is 1.48. The molecular weight excluding hydrogens is 200 g/mol. The van der Waals surface area contributed by atoms with Crippen LogP contribution in [0.4, 0.5) is 0 Å². The van der Waals surface area contributed by atoms with Crippen LogP contribution in [0.25, 0.3) is 0 Å². The van der Waals surface area contributed by atoms with Gasteiger partial charge in [-0.05, 0) is 55.3 Å². The number of allylic oxidation sites excluding steroid dienone is 2. The lowest BCUT2D eigenvalue weighted by Gasteiger charge is -2.26. The van der Waals surface area contributed by atoms with Crippen molar-refractivity contribution in [2.75, 3.05) is 6.61 Å². The van der Waals surface area contributed by atoms with Crippen LogP contribution in [0, 0.1) is 23.2 Å². The molecule has 2 heteroatoms. The zero-order valence-corrected chi connectivity index (χ0v) is 10.0. The molecule has 90 valence electrons. The minimum atomic E-state index is -0.175. The summed E-state index contributed by atoms with van der Waals surface area (Å²) in [7, 11) is 0. The molecule has 0 unspecified atom stereocenters. The van der Waals surface area contributed by atoms with Crippen LogP contribution in [0.1, 0.15) is 39.0 Å². The third kappa shape index (κ3) is 1.32. The Kier molecular flexibility index (Phi) is 2.41. The maximum Gasteiger partial charge on any atom is 0.0608 e. The third-order valence-corrected chi connectivity index (χ3v) is 5.37. The molecule has 2 fully saturated rings. The Labute approximate surface area is 97.4 Å². The van der Waals surface area contributed by atoms with Gasteiger partial charge in [0.05, 0.1) is 6.10 Å². The van der Waals surface area contributed by atoms with Crippen molar-refractivity contribution in [1.29, 1.82) is 0 Å². The second-order valence-electron chi connectivity index (χ2n) is 6.13. The fourth-order valence-corrected chi connectivity index (χ4v) is 4.41. The summed E-state index contributed by atoms with van der Waals surface area (Å²) in [6, 6.07) is 0. The SMILES string of the molecule is C[C@@]12CCC=C3CC[C@H](CCO)[C@@H](O)[C@@H]1[C@H]32. The molecule has 0 amide bonds. The molecule has 0 bridgehead atoms. The van der Waals surface area contributed by atoms with E-state index in [4.69, 9.17) is 5.11 Å². The molecule has 0 spiro atoms. The van der Waals surface area contributed by atoms with Gasteiger partial charge in [-0.25, -0.2) is 0 Å². The van der Waals surface area contributed by atoms with Crippen molar-refractivity contribution in [1.82, 2.24) is 0 Å². The van der Waals surface area contributed by atoms with Crippen molar-refractivity contribution in [3.05, 3.63) is 11.6 Å². The summed E-state index contributed by atoms with van der Waals surface area (Å²) in [5.41, 5.74) is 2.00. The highest BCUT2D eigenvalue weighted by atomic mass is 16.3. The van der Waals surface area contributed by atoms with Crippen molar-refractivity contribution in [2.24, 2.45) is 23.2 Å². The second-order valence-corrected chi connectivity index (χ2v) is 6.13. The van der Waals surface area contributed by atoms with Crippen molar-refractivity contribution in [3.8, 4) is 0 Å². The normalized spacial score (nSPS) is 50.3. The standard InChI is InChI=1S/C14H22O2/c1-14-7-2-3-9-4-5-10(6-8-15)13(16)12(14)11(9)14/h3,10-13,15-16H,2,4-8H2,1H3/t10-,11+,12+,13-,14+/m1/s1. The average molecular weight is 222 g/mol. The average Bonchev–Trinajstić information content (AvgIpc) is 2.92. The summed E-state index contributed by atoms with van der Waals surface area (Å²) in [4.78, 5) is 0. The van der Waals surface area contributed by atoms with Gasteiger partial charge in [0.2, 0.25) is 0 Å². The molecule has 16 heavy (non-hydrogen) atoms. The van der Waals surface area contributed by atoms with Crippen molar-refractivity contribution in [3.63, 3.8) is 0 Å².